The fourth-order valence-corrected chi connectivity index (χ4v) is 2.01. The largest absolute Gasteiger partial charge is 0.258 e. The predicted octanol–water partition coefficient (Wildman–Crippen LogP) is 2.47. The SMILES string of the molecule is CCn1ncc(C(C)(C)C#N)c1Br. The van der Waals surface area contributed by atoms with Gasteiger partial charge in [-0.1, -0.05) is 0 Å². The normalized spacial score (nSPS) is 11.3. The Hall–Kier alpha value is -0.820. The lowest BCUT2D eigenvalue weighted by atomic mass is 9.89. The second-order valence-electron chi connectivity index (χ2n) is 3.40. The third-order valence-corrected chi connectivity index (χ3v) is 2.86. The van der Waals surface area contributed by atoms with E-state index in [1.165, 1.54) is 0 Å². The molecule has 0 saturated heterocycles. The molecule has 1 aromatic rings. The molecule has 0 saturated carbocycles. The molecule has 0 aromatic carbocycles. The van der Waals surface area contributed by atoms with Gasteiger partial charge in [0.1, 0.15) is 4.60 Å². The van der Waals surface area contributed by atoms with Gasteiger partial charge in [-0.05, 0) is 36.7 Å². The summed E-state index contributed by atoms with van der Waals surface area (Å²) in [5, 5.41) is 13.1. The van der Waals surface area contributed by atoms with Crippen molar-refractivity contribution in [2.24, 2.45) is 0 Å². The first-order chi connectivity index (χ1) is 6.03. The summed E-state index contributed by atoms with van der Waals surface area (Å²) in [5.41, 5.74) is 0.462. The Morgan fingerprint density at radius 3 is 2.69 bits per heavy atom. The molecule has 70 valence electrons. The van der Waals surface area contributed by atoms with E-state index in [9.17, 15) is 0 Å². The maximum atomic E-state index is 8.95. The van der Waals surface area contributed by atoms with E-state index in [1.54, 1.807) is 6.20 Å². The zero-order chi connectivity index (χ0) is 10.1. The minimum Gasteiger partial charge on any atom is -0.258 e. The number of hydrogen-bond acceptors (Lipinski definition) is 2. The first kappa shape index (κ1) is 10.3. The lowest BCUT2D eigenvalue weighted by Crippen LogP contribution is -2.13. The second kappa shape index (κ2) is 3.51. The lowest BCUT2D eigenvalue weighted by Gasteiger charge is -2.13. The third kappa shape index (κ3) is 1.75. The maximum Gasteiger partial charge on any atom is 0.108 e. The summed E-state index contributed by atoms with van der Waals surface area (Å²) in [5.74, 6) is 0. The molecule has 0 aliphatic heterocycles. The summed E-state index contributed by atoms with van der Waals surface area (Å²) in [6, 6.07) is 2.25. The molecule has 0 aliphatic carbocycles. The van der Waals surface area contributed by atoms with Gasteiger partial charge in [0.15, 0.2) is 0 Å². The molecule has 0 unspecified atom stereocenters. The molecule has 0 aliphatic rings. The van der Waals surface area contributed by atoms with E-state index < -0.39 is 5.41 Å². The van der Waals surface area contributed by atoms with Gasteiger partial charge in [0, 0.05) is 12.1 Å². The molecule has 0 N–H and O–H groups in total. The standard InChI is InChI=1S/C9H12BrN3/c1-4-13-8(10)7(5-12-13)9(2,3)6-11/h5H,4H2,1-3H3. The molecule has 0 amide bonds. The highest BCUT2D eigenvalue weighted by Gasteiger charge is 2.25. The number of nitrogens with zero attached hydrogens (tertiary/aromatic N) is 3. The fraction of sp³-hybridized carbons (Fsp3) is 0.556. The van der Waals surface area contributed by atoms with Gasteiger partial charge >= 0.3 is 0 Å². The van der Waals surface area contributed by atoms with Crippen LogP contribution in [0.2, 0.25) is 0 Å². The number of aryl methyl sites for hydroxylation is 1. The van der Waals surface area contributed by atoms with Crippen molar-refractivity contribution >= 4 is 15.9 Å². The maximum absolute atomic E-state index is 8.95. The van der Waals surface area contributed by atoms with Gasteiger partial charge in [-0.2, -0.15) is 10.4 Å². The minimum atomic E-state index is -0.480. The smallest absolute Gasteiger partial charge is 0.108 e. The molecule has 1 aromatic heterocycles. The molecule has 0 spiro atoms. The van der Waals surface area contributed by atoms with Crippen LogP contribution in [-0.2, 0) is 12.0 Å². The zero-order valence-corrected chi connectivity index (χ0v) is 9.59. The van der Waals surface area contributed by atoms with E-state index in [1.807, 2.05) is 25.5 Å². The van der Waals surface area contributed by atoms with Crippen molar-refractivity contribution in [1.82, 2.24) is 9.78 Å². The summed E-state index contributed by atoms with van der Waals surface area (Å²) < 4.78 is 2.73. The van der Waals surface area contributed by atoms with Crippen molar-refractivity contribution in [1.29, 1.82) is 5.26 Å². The van der Waals surface area contributed by atoms with Crippen molar-refractivity contribution in [2.45, 2.75) is 32.7 Å². The summed E-state index contributed by atoms with van der Waals surface area (Å²) in [4.78, 5) is 0. The summed E-state index contributed by atoms with van der Waals surface area (Å²) >= 11 is 3.44. The molecular formula is C9H12BrN3. The molecule has 0 atom stereocenters. The Balaban J connectivity index is 3.18. The number of hydrogen-bond donors (Lipinski definition) is 0. The van der Waals surface area contributed by atoms with Crippen LogP contribution in [0.15, 0.2) is 10.8 Å². The highest BCUT2D eigenvalue weighted by Crippen LogP contribution is 2.29. The minimum absolute atomic E-state index is 0.480. The molecular weight excluding hydrogens is 230 g/mol. The topological polar surface area (TPSA) is 41.6 Å². The van der Waals surface area contributed by atoms with E-state index in [-0.39, 0.29) is 0 Å². The van der Waals surface area contributed by atoms with Crippen LogP contribution in [0.5, 0.6) is 0 Å². The van der Waals surface area contributed by atoms with Gasteiger partial charge in [0.25, 0.3) is 0 Å². The van der Waals surface area contributed by atoms with Gasteiger partial charge in [-0.3, -0.25) is 4.68 Å². The van der Waals surface area contributed by atoms with E-state index in [4.69, 9.17) is 5.26 Å². The summed E-state index contributed by atoms with van der Waals surface area (Å²) in [6.45, 7) is 6.59. The molecule has 13 heavy (non-hydrogen) atoms. The third-order valence-electron chi connectivity index (χ3n) is 2.03. The Kier molecular flexibility index (Phi) is 2.77. The van der Waals surface area contributed by atoms with Crippen LogP contribution in [0.4, 0.5) is 0 Å². The molecule has 3 nitrogen and oxygen atoms in total. The van der Waals surface area contributed by atoms with Gasteiger partial charge in [0.2, 0.25) is 0 Å². The molecule has 1 heterocycles. The van der Waals surface area contributed by atoms with E-state index in [2.05, 4.69) is 27.1 Å². The Morgan fingerprint density at radius 2 is 2.31 bits per heavy atom. The van der Waals surface area contributed by atoms with Crippen molar-refractivity contribution in [3.05, 3.63) is 16.4 Å². The monoisotopic (exact) mass is 241 g/mol. The van der Waals surface area contributed by atoms with Crippen LogP contribution in [0.3, 0.4) is 0 Å². The highest BCUT2D eigenvalue weighted by atomic mass is 79.9. The highest BCUT2D eigenvalue weighted by molar-refractivity contribution is 9.10. The van der Waals surface area contributed by atoms with Crippen molar-refractivity contribution in [3.8, 4) is 6.07 Å². The predicted molar refractivity (Wildman–Crippen MR) is 54.2 cm³/mol. The molecule has 0 fully saturated rings. The van der Waals surface area contributed by atoms with Crippen molar-refractivity contribution < 1.29 is 0 Å². The first-order valence-electron chi connectivity index (χ1n) is 4.16. The second-order valence-corrected chi connectivity index (χ2v) is 4.15. The molecule has 0 bridgehead atoms. The summed E-state index contributed by atoms with van der Waals surface area (Å²) in [7, 11) is 0. The number of aromatic nitrogens is 2. The number of nitriles is 1. The molecule has 4 heteroatoms. The average molecular weight is 242 g/mol. The number of halogens is 1. The van der Waals surface area contributed by atoms with Crippen LogP contribution in [-0.4, -0.2) is 9.78 Å². The van der Waals surface area contributed by atoms with Gasteiger partial charge in [-0.25, -0.2) is 0 Å². The Labute approximate surface area is 86.5 Å². The van der Waals surface area contributed by atoms with Crippen molar-refractivity contribution in [2.75, 3.05) is 0 Å². The molecule has 1 rings (SSSR count). The van der Waals surface area contributed by atoms with Gasteiger partial charge in [0.05, 0.1) is 17.7 Å². The van der Waals surface area contributed by atoms with E-state index >= 15 is 0 Å². The van der Waals surface area contributed by atoms with Crippen LogP contribution in [0.1, 0.15) is 26.3 Å². The number of rotatable bonds is 2. The van der Waals surface area contributed by atoms with Crippen LogP contribution < -0.4 is 0 Å². The van der Waals surface area contributed by atoms with Gasteiger partial charge < -0.3 is 0 Å². The van der Waals surface area contributed by atoms with Gasteiger partial charge in [-0.15, -0.1) is 0 Å². The quantitative estimate of drug-likeness (QED) is 0.799. The summed E-state index contributed by atoms with van der Waals surface area (Å²) in [6.07, 6.45) is 1.75. The lowest BCUT2D eigenvalue weighted by molar-refractivity contribution is 0.633. The van der Waals surface area contributed by atoms with E-state index in [0.29, 0.717) is 0 Å². The van der Waals surface area contributed by atoms with Crippen LogP contribution in [0.25, 0.3) is 0 Å². The molecule has 0 radical (unpaired) electrons. The zero-order valence-electron chi connectivity index (χ0n) is 8.00. The van der Waals surface area contributed by atoms with Crippen LogP contribution in [0, 0.1) is 11.3 Å². The fourth-order valence-electron chi connectivity index (χ4n) is 1.07. The Bertz CT molecular complexity index is 346. The first-order valence-corrected chi connectivity index (χ1v) is 4.95. The van der Waals surface area contributed by atoms with Crippen LogP contribution >= 0.6 is 15.9 Å². The van der Waals surface area contributed by atoms with Crippen molar-refractivity contribution in [3.63, 3.8) is 0 Å². The van der Waals surface area contributed by atoms with E-state index in [0.717, 1.165) is 16.7 Å². The average Bonchev–Trinajstić information content (AvgIpc) is 2.47. The Morgan fingerprint density at radius 1 is 1.69 bits per heavy atom.